The number of sulfonamides is 2. The summed E-state index contributed by atoms with van der Waals surface area (Å²) >= 11 is 0. The third-order valence-corrected chi connectivity index (χ3v) is 8.12. The van der Waals surface area contributed by atoms with E-state index in [4.69, 9.17) is 0 Å². The second-order valence-corrected chi connectivity index (χ2v) is 11.7. The van der Waals surface area contributed by atoms with Crippen LogP contribution in [0.4, 0.5) is 24.5 Å². The standard InChI is InChI=1S/C20H22F3N3O5S2/c1-24(2)33(30,31)17-7-8-18-14(11-17)9-10-25(18)19(27)13-26(32(3,28)29)16-6-4-5-15(12-16)20(21,22)23/h4-8,11-12H,9-10,13H2,1-3H3. The molecule has 0 saturated carbocycles. The highest BCUT2D eigenvalue weighted by atomic mass is 32.2. The molecule has 180 valence electrons. The average Bonchev–Trinajstić information content (AvgIpc) is 3.13. The molecular weight excluding hydrogens is 483 g/mol. The summed E-state index contributed by atoms with van der Waals surface area (Å²) in [6.07, 6.45) is -3.53. The highest BCUT2D eigenvalue weighted by Gasteiger charge is 2.33. The van der Waals surface area contributed by atoms with Gasteiger partial charge in [0.25, 0.3) is 0 Å². The van der Waals surface area contributed by atoms with Gasteiger partial charge in [-0.05, 0) is 48.4 Å². The minimum Gasteiger partial charge on any atom is -0.310 e. The Bertz CT molecular complexity index is 1290. The lowest BCUT2D eigenvalue weighted by Gasteiger charge is -2.26. The van der Waals surface area contributed by atoms with Crippen LogP contribution in [-0.4, -0.2) is 60.5 Å². The van der Waals surface area contributed by atoms with E-state index in [1.807, 2.05) is 0 Å². The van der Waals surface area contributed by atoms with Crippen molar-refractivity contribution in [3.05, 3.63) is 53.6 Å². The molecule has 2 aromatic carbocycles. The monoisotopic (exact) mass is 505 g/mol. The maximum Gasteiger partial charge on any atom is 0.416 e. The van der Waals surface area contributed by atoms with Gasteiger partial charge < -0.3 is 4.90 Å². The largest absolute Gasteiger partial charge is 0.416 e. The molecule has 1 heterocycles. The Morgan fingerprint density at radius 1 is 1.06 bits per heavy atom. The van der Waals surface area contributed by atoms with Gasteiger partial charge in [-0.3, -0.25) is 9.10 Å². The topological polar surface area (TPSA) is 95.1 Å². The van der Waals surface area contributed by atoms with Gasteiger partial charge in [0.05, 0.1) is 22.4 Å². The first kappa shape index (κ1) is 25.0. The van der Waals surface area contributed by atoms with Crippen LogP contribution in [0.2, 0.25) is 0 Å². The molecule has 0 saturated heterocycles. The van der Waals surface area contributed by atoms with Gasteiger partial charge in [0.15, 0.2) is 0 Å². The molecule has 0 unspecified atom stereocenters. The molecule has 0 spiro atoms. The first-order valence-electron chi connectivity index (χ1n) is 9.63. The van der Waals surface area contributed by atoms with Crippen LogP contribution in [0.1, 0.15) is 11.1 Å². The lowest BCUT2D eigenvalue weighted by molar-refractivity contribution is -0.137. The van der Waals surface area contributed by atoms with Gasteiger partial charge in [0.1, 0.15) is 6.54 Å². The maximum absolute atomic E-state index is 13.1. The van der Waals surface area contributed by atoms with Crippen LogP contribution < -0.4 is 9.21 Å². The molecule has 0 N–H and O–H groups in total. The zero-order valence-corrected chi connectivity index (χ0v) is 19.6. The molecule has 0 aliphatic carbocycles. The molecule has 1 aliphatic rings. The van der Waals surface area contributed by atoms with Gasteiger partial charge in [0.2, 0.25) is 26.0 Å². The van der Waals surface area contributed by atoms with Crippen molar-refractivity contribution >= 4 is 37.3 Å². The van der Waals surface area contributed by atoms with Crippen LogP contribution in [0.15, 0.2) is 47.4 Å². The van der Waals surface area contributed by atoms with Crippen LogP contribution in [-0.2, 0) is 37.4 Å². The van der Waals surface area contributed by atoms with E-state index in [2.05, 4.69) is 0 Å². The Morgan fingerprint density at radius 2 is 1.73 bits per heavy atom. The molecule has 3 rings (SSSR count). The van der Waals surface area contributed by atoms with Gasteiger partial charge in [-0.2, -0.15) is 13.2 Å². The summed E-state index contributed by atoms with van der Waals surface area (Å²) in [5, 5.41) is 0. The number of carbonyl (C=O) groups excluding carboxylic acids is 1. The molecule has 8 nitrogen and oxygen atoms in total. The van der Waals surface area contributed by atoms with E-state index in [1.54, 1.807) is 0 Å². The van der Waals surface area contributed by atoms with Gasteiger partial charge in [-0.1, -0.05) is 6.07 Å². The Balaban J connectivity index is 1.91. The quantitative estimate of drug-likeness (QED) is 0.601. The first-order valence-corrected chi connectivity index (χ1v) is 12.9. The second kappa shape index (κ2) is 8.61. The van der Waals surface area contributed by atoms with Crippen molar-refractivity contribution in [2.75, 3.05) is 42.6 Å². The minimum atomic E-state index is -4.68. The summed E-state index contributed by atoms with van der Waals surface area (Å²) in [6.45, 7) is -0.531. The van der Waals surface area contributed by atoms with Crippen molar-refractivity contribution < 1.29 is 34.8 Å². The number of hydrogen-bond donors (Lipinski definition) is 0. The summed E-state index contributed by atoms with van der Waals surface area (Å²) < 4.78 is 90.2. The maximum atomic E-state index is 13.1. The van der Waals surface area contributed by atoms with Crippen molar-refractivity contribution in [3.63, 3.8) is 0 Å². The van der Waals surface area contributed by atoms with Crippen LogP contribution in [0, 0.1) is 0 Å². The molecule has 33 heavy (non-hydrogen) atoms. The molecule has 0 bridgehead atoms. The third-order valence-electron chi connectivity index (χ3n) is 5.17. The van der Waals surface area contributed by atoms with Crippen LogP contribution in [0.3, 0.4) is 0 Å². The molecule has 0 radical (unpaired) electrons. The average molecular weight is 506 g/mol. The van der Waals surface area contributed by atoms with E-state index in [1.165, 1.54) is 43.3 Å². The number of halogens is 3. The molecular formula is C20H22F3N3O5S2. The Labute approximate surface area is 190 Å². The fourth-order valence-electron chi connectivity index (χ4n) is 3.45. The SMILES string of the molecule is CN(C)S(=O)(=O)c1ccc2c(c1)CCN2C(=O)CN(c1cccc(C(F)(F)F)c1)S(C)(=O)=O. The van der Waals surface area contributed by atoms with Gasteiger partial charge in [0, 0.05) is 26.3 Å². The normalized spacial score (nSPS) is 14.5. The van der Waals surface area contributed by atoms with E-state index in [-0.39, 0.29) is 17.1 Å². The second-order valence-electron chi connectivity index (χ2n) is 7.69. The fourth-order valence-corrected chi connectivity index (χ4v) is 5.25. The van der Waals surface area contributed by atoms with Crippen LogP contribution in [0.25, 0.3) is 0 Å². The highest BCUT2D eigenvalue weighted by Crippen LogP contribution is 2.33. The van der Waals surface area contributed by atoms with Crippen molar-refractivity contribution in [1.82, 2.24) is 4.31 Å². The third kappa shape index (κ3) is 5.14. The number of fused-ring (bicyclic) bond motifs is 1. The van der Waals surface area contributed by atoms with Crippen molar-refractivity contribution in [2.24, 2.45) is 0 Å². The van der Waals surface area contributed by atoms with E-state index in [0.29, 0.717) is 28.0 Å². The van der Waals surface area contributed by atoms with Crippen molar-refractivity contribution in [3.8, 4) is 0 Å². The van der Waals surface area contributed by atoms with Gasteiger partial charge >= 0.3 is 6.18 Å². The zero-order chi connectivity index (χ0) is 24.8. The van der Waals surface area contributed by atoms with E-state index in [9.17, 15) is 34.8 Å². The predicted molar refractivity (Wildman–Crippen MR) is 117 cm³/mol. The number of hydrogen-bond acceptors (Lipinski definition) is 5. The number of alkyl halides is 3. The van der Waals surface area contributed by atoms with Crippen LogP contribution >= 0.6 is 0 Å². The van der Waals surface area contributed by atoms with Gasteiger partial charge in [-0.25, -0.2) is 21.1 Å². The number of carbonyl (C=O) groups is 1. The molecule has 13 heteroatoms. The summed E-state index contributed by atoms with van der Waals surface area (Å²) in [5.74, 6) is -0.653. The zero-order valence-electron chi connectivity index (χ0n) is 18.0. The molecule has 0 atom stereocenters. The van der Waals surface area contributed by atoms with E-state index >= 15 is 0 Å². The Morgan fingerprint density at radius 3 is 2.30 bits per heavy atom. The van der Waals surface area contributed by atoms with E-state index in [0.717, 1.165) is 22.7 Å². The molecule has 0 aromatic heterocycles. The predicted octanol–water partition coefficient (Wildman–Crippen LogP) is 2.31. The van der Waals surface area contributed by atoms with Crippen LogP contribution in [0.5, 0.6) is 0 Å². The number of nitrogens with zero attached hydrogens (tertiary/aromatic N) is 3. The summed E-state index contributed by atoms with van der Waals surface area (Å²) in [5.41, 5.74) is -0.304. The highest BCUT2D eigenvalue weighted by molar-refractivity contribution is 7.92. The minimum absolute atomic E-state index is 0.0577. The summed E-state index contributed by atoms with van der Waals surface area (Å²) in [4.78, 5) is 14.3. The number of rotatable bonds is 6. The molecule has 1 amide bonds. The summed E-state index contributed by atoms with van der Waals surface area (Å²) in [7, 11) is -4.97. The Hall–Kier alpha value is -2.64. The fraction of sp³-hybridized carbons (Fsp3) is 0.350. The lowest BCUT2D eigenvalue weighted by Crippen LogP contribution is -2.42. The van der Waals surface area contributed by atoms with Gasteiger partial charge in [-0.15, -0.1) is 0 Å². The van der Waals surface area contributed by atoms with Crippen molar-refractivity contribution in [2.45, 2.75) is 17.5 Å². The van der Waals surface area contributed by atoms with Crippen molar-refractivity contribution in [1.29, 1.82) is 0 Å². The Kier molecular flexibility index (Phi) is 6.52. The smallest absolute Gasteiger partial charge is 0.310 e. The summed E-state index contributed by atoms with van der Waals surface area (Å²) in [6, 6.07) is 8.00. The molecule has 1 aliphatic heterocycles. The first-order chi connectivity index (χ1) is 15.1. The number of amides is 1. The van der Waals surface area contributed by atoms with E-state index < -0.39 is 44.2 Å². The molecule has 2 aromatic rings. The number of benzene rings is 2. The lowest BCUT2D eigenvalue weighted by atomic mass is 10.2. The number of anilines is 2. The molecule has 0 fully saturated rings.